The monoisotopic (exact) mass is 319 g/mol. The second kappa shape index (κ2) is 7.04. The van der Waals surface area contributed by atoms with Crippen LogP contribution in [-0.2, 0) is 9.59 Å². The quantitative estimate of drug-likeness (QED) is 0.788. The number of halogens is 1. The molecule has 0 saturated carbocycles. The molecule has 0 radical (unpaired) electrons. The first-order valence-electron chi connectivity index (χ1n) is 7.31. The fourth-order valence-electron chi connectivity index (χ4n) is 2.24. The second-order valence-corrected chi connectivity index (χ2v) is 5.23. The van der Waals surface area contributed by atoms with E-state index in [4.69, 9.17) is 0 Å². The lowest BCUT2D eigenvalue weighted by Crippen LogP contribution is -2.58. The van der Waals surface area contributed by atoms with E-state index in [0.29, 0.717) is 12.1 Å². The van der Waals surface area contributed by atoms with Gasteiger partial charge in [-0.3, -0.25) is 19.8 Å². The summed E-state index contributed by atoms with van der Waals surface area (Å²) in [7, 11) is 0. The summed E-state index contributed by atoms with van der Waals surface area (Å²) in [4.78, 5) is 37.2. The molecule has 1 fully saturated rings. The summed E-state index contributed by atoms with van der Waals surface area (Å²) in [5, 5.41) is 4.97. The largest absolute Gasteiger partial charge is 0.358 e. The van der Waals surface area contributed by atoms with Gasteiger partial charge in [0, 0.05) is 17.9 Å². The number of imide groups is 2. The van der Waals surface area contributed by atoms with E-state index in [0.717, 1.165) is 11.3 Å². The highest BCUT2D eigenvalue weighted by molar-refractivity contribution is 6.17. The molecule has 23 heavy (non-hydrogen) atoms. The molecule has 1 atom stereocenters. The zero-order valence-corrected chi connectivity index (χ0v) is 12.8. The Balaban J connectivity index is 2.13. The van der Waals surface area contributed by atoms with Crippen molar-refractivity contribution in [2.75, 3.05) is 11.9 Å². The number of nitrogens with one attached hydrogen (secondary N) is 2. The number of unbranched alkanes of at least 4 members (excludes halogenated alkanes) is 1. The van der Waals surface area contributed by atoms with Crippen molar-refractivity contribution in [3.8, 4) is 0 Å². The zero-order valence-electron chi connectivity index (χ0n) is 12.8. The molecule has 0 spiro atoms. The number of carbonyl (C=O) groups is 3. The van der Waals surface area contributed by atoms with Gasteiger partial charge < -0.3 is 5.32 Å². The number of hydrogen-bond donors (Lipinski definition) is 2. The molecule has 4 amide bonds. The molecule has 6 nitrogen and oxygen atoms in total. The molecular weight excluding hydrogens is 301 g/mol. The number of hydrogen-bond acceptors (Lipinski definition) is 4. The van der Waals surface area contributed by atoms with E-state index in [9.17, 15) is 18.8 Å². The van der Waals surface area contributed by atoms with E-state index in [1.807, 2.05) is 6.92 Å². The smallest absolute Gasteiger partial charge is 0.330 e. The molecule has 1 aromatic rings. The van der Waals surface area contributed by atoms with Crippen molar-refractivity contribution in [2.45, 2.75) is 19.8 Å². The normalized spacial score (nSPS) is 17.9. The highest BCUT2D eigenvalue weighted by Gasteiger charge is 2.41. The fraction of sp³-hybridized carbons (Fsp3) is 0.312. The third-order valence-electron chi connectivity index (χ3n) is 3.48. The molecule has 1 saturated heterocycles. The Morgan fingerprint density at radius 2 is 1.96 bits per heavy atom. The molecule has 1 aromatic carbocycles. The van der Waals surface area contributed by atoms with E-state index in [-0.39, 0.29) is 12.2 Å². The number of urea groups is 1. The van der Waals surface area contributed by atoms with Gasteiger partial charge in [-0.15, -0.1) is 0 Å². The summed E-state index contributed by atoms with van der Waals surface area (Å²) >= 11 is 0. The Bertz CT molecular complexity index is 642. The van der Waals surface area contributed by atoms with Gasteiger partial charge in [-0.05, 0) is 30.7 Å². The Morgan fingerprint density at radius 1 is 1.30 bits per heavy atom. The van der Waals surface area contributed by atoms with Crippen LogP contribution in [0.25, 0.3) is 0 Å². The van der Waals surface area contributed by atoms with Gasteiger partial charge >= 0.3 is 6.03 Å². The molecule has 122 valence electrons. The van der Waals surface area contributed by atoms with Crippen molar-refractivity contribution < 1.29 is 18.8 Å². The van der Waals surface area contributed by atoms with Crippen LogP contribution in [0.15, 0.2) is 36.5 Å². The molecule has 1 heterocycles. The summed E-state index contributed by atoms with van der Waals surface area (Å²) in [6, 6.07) is 4.71. The SMILES string of the molecule is C=C(Nc1ccc(F)cc1)[C@@H]1C(=O)NC(=O)N(CCCC)C1=O. The maximum absolute atomic E-state index is 12.9. The summed E-state index contributed by atoms with van der Waals surface area (Å²) in [6.45, 7) is 5.89. The molecule has 2 N–H and O–H groups in total. The highest BCUT2D eigenvalue weighted by atomic mass is 19.1. The van der Waals surface area contributed by atoms with Gasteiger partial charge in [0.1, 0.15) is 5.82 Å². The van der Waals surface area contributed by atoms with Crippen molar-refractivity contribution in [3.05, 3.63) is 42.4 Å². The van der Waals surface area contributed by atoms with Gasteiger partial charge in [0.25, 0.3) is 0 Å². The predicted molar refractivity (Wildman–Crippen MR) is 82.8 cm³/mol. The molecule has 1 aliphatic heterocycles. The van der Waals surface area contributed by atoms with Crippen LogP contribution in [0.3, 0.4) is 0 Å². The number of carbonyl (C=O) groups excluding carboxylic acids is 3. The first-order chi connectivity index (χ1) is 10.9. The molecule has 0 aromatic heterocycles. The van der Waals surface area contributed by atoms with Gasteiger partial charge in [-0.2, -0.15) is 0 Å². The van der Waals surface area contributed by atoms with Gasteiger partial charge in [-0.25, -0.2) is 9.18 Å². The summed E-state index contributed by atoms with van der Waals surface area (Å²) in [5.41, 5.74) is 0.627. The number of barbiturate groups is 1. The number of amides is 4. The minimum atomic E-state index is -1.20. The summed E-state index contributed by atoms with van der Waals surface area (Å²) in [5.74, 6) is -2.92. The second-order valence-electron chi connectivity index (χ2n) is 5.23. The third-order valence-corrected chi connectivity index (χ3v) is 3.48. The standard InChI is InChI=1S/C16H18FN3O3/c1-3-4-9-20-15(22)13(14(21)19-16(20)23)10(2)18-12-7-5-11(17)6-8-12/h5-8,13,18H,2-4,9H2,1H3,(H,19,21,23)/t13-/m1/s1. The van der Waals surface area contributed by atoms with Crippen molar-refractivity contribution in [1.82, 2.24) is 10.2 Å². The number of nitrogens with zero attached hydrogens (tertiary/aromatic N) is 1. The number of anilines is 1. The van der Waals surface area contributed by atoms with Gasteiger partial charge in [0.05, 0.1) is 0 Å². The molecule has 0 unspecified atom stereocenters. The number of benzene rings is 1. The van der Waals surface area contributed by atoms with Crippen LogP contribution in [0.5, 0.6) is 0 Å². The minimum absolute atomic E-state index is 0.133. The third kappa shape index (κ3) is 3.74. The highest BCUT2D eigenvalue weighted by Crippen LogP contribution is 2.21. The molecule has 0 bridgehead atoms. The van der Waals surface area contributed by atoms with E-state index in [1.54, 1.807) is 0 Å². The zero-order chi connectivity index (χ0) is 17.0. The van der Waals surface area contributed by atoms with Crippen LogP contribution in [0.4, 0.5) is 14.9 Å². The molecule has 2 rings (SSSR count). The van der Waals surface area contributed by atoms with Gasteiger partial charge in [0.15, 0.2) is 5.92 Å². The molecular formula is C16H18FN3O3. The van der Waals surface area contributed by atoms with Crippen LogP contribution in [-0.4, -0.2) is 29.3 Å². The van der Waals surface area contributed by atoms with E-state index in [2.05, 4.69) is 17.2 Å². The van der Waals surface area contributed by atoms with E-state index >= 15 is 0 Å². The fourth-order valence-corrected chi connectivity index (χ4v) is 2.24. The first kappa shape index (κ1) is 16.7. The van der Waals surface area contributed by atoms with Crippen LogP contribution in [0, 0.1) is 11.7 Å². The Labute approximate surface area is 133 Å². The van der Waals surface area contributed by atoms with Crippen molar-refractivity contribution in [3.63, 3.8) is 0 Å². The first-order valence-corrected chi connectivity index (χ1v) is 7.31. The molecule has 0 aliphatic carbocycles. The Morgan fingerprint density at radius 3 is 2.57 bits per heavy atom. The van der Waals surface area contributed by atoms with E-state index in [1.165, 1.54) is 24.3 Å². The Hall–Kier alpha value is -2.70. The van der Waals surface area contributed by atoms with Crippen molar-refractivity contribution >= 4 is 23.5 Å². The summed E-state index contributed by atoms with van der Waals surface area (Å²) in [6.07, 6.45) is 1.46. The topological polar surface area (TPSA) is 78.5 Å². The molecule has 7 heteroatoms. The maximum Gasteiger partial charge on any atom is 0.330 e. The maximum atomic E-state index is 12.9. The predicted octanol–water partition coefficient (Wildman–Crippen LogP) is 2.25. The van der Waals surface area contributed by atoms with Crippen LogP contribution < -0.4 is 10.6 Å². The van der Waals surface area contributed by atoms with Crippen molar-refractivity contribution in [2.24, 2.45) is 5.92 Å². The Kier molecular flexibility index (Phi) is 5.10. The lowest BCUT2D eigenvalue weighted by molar-refractivity contribution is -0.140. The van der Waals surface area contributed by atoms with Crippen LogP contribution in [0.2, 0.25) is 0 Å². The lowest BCUT2D eigenvalue weighted by Gasteiger charge is -2.31. The number of rotatable bonds is 6. The average Bonchev–Trinajstić information content (AvgIpc) is 2.49. The lowest BCUT2D eigenvalue weighted by atomic mass is 10.0. The minimum Gasteiger partial charge on any atom is -0.358 e. The van der Waals surface area contributed by atoms with E-state index < -0.39 is 29.6 Å². The summed E-state index contributed by atoms with van der Waals surface area (Å²) < 4.78 is 12.9. The van der Waals surface area contributed by atoms with Crippen molar-refractivity contribution in [1.29, 1.82) is 0 Å². The molecule has 1 aliphatic rings. The average molecular weight is 319 g/mol. The van der Waals surface area contributed by atoms with Gasteiger partial charge in [0.2, 0.25) is 11.8 Å². The van der Waals surface area contributed by atoms with Gasteiger partial charge in [-0.1, -0.05) is 19.9 Å². The van der Waals surface area contributed by atoms with Crippen LogP contribution >= 0.6 is 0 Å². The van der Waals surface area contributed by atoms with Crippen LogP contribution in [0.1, 0.15) is 19.8 Å².